The quantitative estimate of drug-likeness (QED) is 0.690. The van der Waals surface area contributed by atoms with E-state index in [0.29, 0.717) is 0 Å². The van der Waals surface area contributed by atoms with E-state index in [1.807, 2.05) is 24.3 Å². The summed E-state index contributed by atoms with van der Waals surface area (Å²) >= 11 is 0. The lowest BCUT2D eigenvalue weighted by molar-refractivity contribution is 0.282. The van der Waals surface area contributed by atoms with Crippen LogP contribution in [0.3, 0.4) is 0 Å². The Morgan fingerprint density at radius 1 is 0.750 bits per heavy atom. The molecule has 3 aromatic rings. The van der Waals surface area contributed by atoms with Gasteiger partial charge in [0.15, 0.2) is 14.7 Å². The molecule has 122 valence electrons. The molecule has 0 aliphatic rings. The number of hydrogen-bond acceptors (Lipinski definition) is 2. The summed E-state index contributed by atoms with van der Waals surface area (Å²) in [4.78, 5) is 3.76. The van der Waals surface area contributed by atoms with Crippen LogP contribution in [-0.4, -0.2) is 12.2 Å². The van der Waals surface area contributed by atoms with Crippen molar-refractivity contribution < 1.29 is 9.84 Å². The highest BCUT2D eigenvalue weighted by atomic mass is 32.2. The molecule has 0 saturated carbocycles. The van der Waals surface area contributed by atoms with E-state index in [1.165, 1.54) is 20.2 Å². The van der Waals surface area contributed by atoms with Crippen LogP contribution in [0.2, 0.25) is 0 Å². The molecule has 0 aliphatic heterocycles. The lowest BCUT2D eigenvalue weighted by atomic mass is 10.2. The highest BCUT2D eigenvalue weighted by Gasteiger charge is 2.28. The molecule has 1 N–H and O–H groups in total. The molecule has 0 aromatic heterocycles. The molecule has 0 radical (unpaired) electrons. The molecule has 0 saturated heterocycles. The second-order valence-corrected chi connectivity index (χ2v) is 7.62. The van der Waals surface area contributed by atoms with Gasteiger partial charge in [0, 0.05) is 0 Å². The van der Waals surface area contributed by atoms with Crippen LogP contribution in [0, 0.1) is 6.92 Å². The van der Waals surface area contributed by atoms with Gasteiger partial charge >= 0.3 is 0 Å². The normalized spacial score (nSPS) is 12.0. The average Bonchev–Trinajstić information content (AvgIpc) is 2.64. The lowest BCUT2D eigenvalue weighted by Crippen LogP contribution is -2.05. The van der Waals surface area contributed by atoms with Gasteiger partial charge in [0.05, 0.1) is 24.6 Å². The first-order valence-corrected chi connectivity index (χ1v) is 9.08. The Hall–Kier alpha value is -2.23. The van der Waals surface area contributed by atoms with Crippen molar-refractivity contribution in [3.63, 3.8) is 0 Å². The van der Waals surface area contributed by atoms with E-state index in [-0.39, 0.29) is 17.5 Å². The maximum Gasteiger partial charge on any atom is 0.166 e. The average molecular weight is 337 g/mol. The van der Waals surface area contributed by atoms with Crippen molar-refractivity contribution in [1.29, 1.82) is 0 Å². The smallest absolute Gasteiger partial charge is 0.166 e. The fourth-order valence-electron chi connectivity index (χ4n) is 2.53. The lowest BCUT2D eigenvalue weighted by Gasteiger charge is -2.09. The van der Waals surface area contributed by atoms with Crippen molar-refractivity contribution in [2.75, 3.05) is 7.11 Å². The number of ether oxygens (including phenoxy) is 1. The summed E-state index contributed by atoms with van der Waals surface area (Å²) in [6, 6.07) is 25.2. The summed E-state index contributed by atoms with van der Waals surface area (Å²) in [7, 11) is 1.50. The van der Waals surface area contributed by atoms with E-state index in [4.69, 9.17) is 4.74 Å². The van der Waals surface area contributed by atoms with Crippen LogP contribution < -0.4 is 4.74 Å². The first-order valence-electron chi connectivity index (χ1n) is 7.86. The number of aliphatic hydroxyl groups excluding tert-OH is 1. The molecule has 0 spiro atoms. The zero-order valence-corrected chi connectivity index (χ0v) is 14.7. The largest absolute Gasteiger partial charge is 0.497 e. The minimum atomic E-state index is -0.181. The molecular formula is C21H21O2S+. The van der Waals surface area contributed by atoms with Crippen molar-refractivity contribution >= 4 is 10.9 Å². The second-order valence-electron chi connectivity index (χ2n) is 5.60. The topological polar surface area (TPSA) is 29.5 Å². The number of methoxy groups -OCH3 is 1. The fraction of sp³-hybridized carbons (Fsp3) is 0.143. The molecule has 0 bridgehead atoms. The monoisotopic (exact) mass is 337 g/mol. The fourth-order valence-corrected chi connectivity index (χ4v) is 4.57. The summed E-state index contributed by atoms with van der Waals surface area (Å²) < 4.78 is 5.28. The molecule has 0 fully saturated rings. The minimum absolute atomic E-state index is 0.0706. The Morgan fingerprint density at radius 3 is 1.67 bits per heavy atom. The van der Waals surface area contributed by atoms with E-state index < -0.39 is 0 Å². The van der Waals surface area contributed by atoms with Crippen LogP contribution in [0.1, 0.15) is 11.1 Å². The van der Waals surface area contributed by atoms with Crippen LogP contribution in [0.25, 0.3) is 0 Å². The van der Waals surface area contributed by atoms with E-state index in [1.54, 1.807) is 7.11 Å². The number of benzene rings is 3. The van der Waals surface area contributed by atoms with Crippen molar-refractivity contribution in [2.24, 2.45) is 0 Å². The predicted molar refractivity (Wildman–Crippen MR) is 98.7 cm³/mol. The van der Waals surface area contributed by atoms with Crippen molar-refractivity contribution in [1.82, 2.24) is 0 Å². The van der Waals surface area contributed by atoms with E-state index in [2.05, 4.69) is 55.5 Å². The van der Waals surface area contributed by atoms with Crippen molar-refractivity contribution in [3.8, 4) is 5.75 Å². The Labute approximate surface area is 146 Å². The van der Waals surface area contributed by atoms with E-state index in [0.717, 1.165) is 11.3 Å². The maximum atomic E-state index is 9.28. The first-order chi connectivity index (χ1) is 11.7. The number of aryl methyl sites for hydroxylation is 1. The molecule has 0 aliphatic carbocycles. The predicted octanol–water partition coefficient (Wildman–Crippen LogP) is 4.59. The van der Waals surface area contributed by atoms with Gasteiger partial charge in [0.2, 0.25) is 0 Å². The zero-order chi connectivity index (χ0) is 16.9. The van der Waals surface area contributed by atoms with Gasteiger partial charge in [-0.1, -0.05) is 29.8 Å². The molecule has 0 amide bonds. The van der Waals surface area contributed by atoms with Crippen molar-refractivity contribution in [3.05, 3.63) is 83.9 Å². The zero-order valence-electron chi connectivity index (χ0n) is 13.9. The third-order valence-electron chi connectivity index (χ3n) is 3.89. The van der Waals surface area contributed by atoms with Crippen LogP contribution in [0.15, 0.2) is 87.5 Å². The Kier molecular flexibility index (Phi) is 5.24. The maximum absolute atomic E-state index is 9.28. The molecule has 3 rings (SSSR count). The Morgan fingerprint density at radius 2 is 1.21 bits per heavy atom. The molecule has 3 aromatic carbocycles. The van der Waals surface area contributed by atoms with Crippen molar-refractivity contribution in [2.45, 2.75) is 28.2 Å². The highest BCUT2D eigenvalue weighted by Crippen LogP contribution is 2.32. The summed E-state index contributed by atoms with van der Waals surface area (Å²) in [6.07, 6.45) is 0. The van der Waals surface area contributed by atoms with Crippen LogP contribution in [0.5, 0.6) is 5.75 Å². The SMILES string of the molecule is COc1ccc([S+](c2ccc(C)cc2)c2ccc(CO)cc2)cc1. The Bertz CT molecular complexity index is 730. The van der Waals surface area contributed by atoms with Gasteiger partial charge in [-0.15, -0.1) is 0 Å². The van der Waals surface area contributed by atoms with Gasteiger partial charge in [0.25, 0.3) is 0 Å². The van der Waals surface area contributed by atoms with Gasteiger partial charge in [-0.25, -0.2) is 0 Å². The number of rotatable bonds is 5. The van der Waals surface area contributed by atoms with Gasteiger partial charge < -0.3 is 9.84 Å². The summed E-state index contributed by atoms with van der Waals surface area (Å²) in [5.41, 5.74) is 2.19. The molecule has 3 heteroatoms. The summed E-state index contributed by atoms with van der Waals surface area (Å²) in [5.74, 6) is 0.863. The third kappa shape index (κ3) is 3.64. The molecular weight excluding hydrogens is 316 g/mol. The van der Waals surface area contributed by atoms with Gasteiger partial charge in [-0.3, -0.25) is 0 Å². The third-order valence-corrected chi connectivity index (χ3v) is 6.12. The van der Waals surface area contributed by atoms with E-state index >= 15 is 0 Å². The molecule has 1 unspecified atom stereocenters. The first kappa shape index (κ1) is 16.6. The van der Waals surface area contributed by atoms with Crippen LogP contribution in [0.4, 0.5) is 0 Å². The Balaban J connectivity index is 2.06. The number of aliphatic hydroxyl groups is 1. The number of hydrogen-bond donors (Lipinski definition) is 1. The second kappa shape index (κ2) is 7.56. The van der Waals surface area contributed by atoms with E-state index in [9.17, 15) is 5.11 Å². The highest BCUT2D eigenvalue weighted by molar-refractivity contribution is 7.97. The van der Waals surface area contributed by atoms with Gasteiger partial charge in [-0.05, 0) is 61.0 Å². The van der Waals surface area contributed by atoms with Crippen LogP contribution >= 0.6 is 0 Å². The molecule has 2 nitrogen and oxygen atoms in total. The summed E-state index contributed by atoms with van der Waals surface area (Å²) in [6.45, 7) is 2.17. The van der Waals surface area contributed by atoms with Crippen LogP contribution in [-0.2, 0) is 17.5 Å². The van der Waals surface area contributed by atoms with Gasteiger partial charge in [-0.2, -0.15) is 0 Å². The standard InChI is InChI=1S/C21H21O2S/c1-16-3-9-19(10-4-16)24(20-11-5-17(15-22)6-12-20)21-13-7-18(23-2)8-14-21/h3-14,22H,15H2,1-2H3/q+1. The molecule has 1 atom stereocenters. The minimum Gasteiger partial charge on any atom is -0.497 e. The molecule has 24 heavy (non-hydrogen) atoms. The summed E-state index contributed by atoms with van der Waals surface area (Å²) in [5, 5.41) is 9.28. The molecule has 0 heterocycles. The van der Waals surface area contributed by atoms with Gasteiger partial charge in [0.1, 0.15) is 5.75 Å².